The highest BCUT2D eigenvalue weighted by Crippen LogP contribution is 2.21. The Balaban J connectivity index is 1.73. The molecule has 3 nitrogen and oxygen atoms in total. The molecule has 100 valence electrons. The molecule has 2 atom stereocenters. The van der Waals surface area contributed by atoms with Gasteiger partial charge >= 0.3 is 0 Å². The van der Waals surface area contributed by atoms with Crippen LogP contribution in [-0.2, 0) is 0 Å². The van der Waals surface area contributed by atoms with E-state index in [0.717, 1.165) is 30.6 Å². The molecule has 0 aromatic heterocycles. The number of rotatable bonds is 2. The molecule has 0 radical (unpaired) electrons. The fourth-order valence-corrected chi connectivity index (χ4v) is 3.07. The van der Waals surface area contributed by atoms with E-state index in [1.54, 1.807) is 6.08 Å². The third kappa shape index (κ3) is 2.56. The van der Waals surface area contributed by atoms with Crippen LogP contribution in [0.1, 0.15) is 35.2 Å². The zero-order chi connectivity index (χ0) is 13.2. The van der Waals surface area contributed by atoms with Crippen LogP contribution in [0.2, 0.25) is 0 Å². The molecule has 2 saturated heterocycles. The minimum atomic E-state index is 0.157. The number of likely N-dealkylation sites (tertiary alicyclic amines) is 1. The van der Waals surface area contributed by atoms with Crippen molar-refractivity contribution in [2.24, 2.45) is 0 Å². The lowest BCUT2D eigenvalue weighted by molar-refractivity contribution is 0.0748. The summed E-state index contributed by atoms with van der Waals surface area (Å²) in [6.07, 6.45) is 5.33. The van der Waals surface area contributed by atoms with Gasteiger partial charge in [0.1, 0.15) is 0 Å². The first kappa shape index (κ1) is 12.4. The predicted molar refractivity (Wildman–Crippen MR) is 77.0 cm³/mol. The summed E-state index contributed by atoms with van der Waals surface area (Å²) in [5.41, 5.74) is 1.83. The summed E-state index contributed by atoms with van der Waals surface area (Å²) < 4.78 is 0. The van der Waals surface area contributed by atoms with Crippen molar-refractivity contribution in [3.8, 4) is 0 Å². The Hall–Kier alpha value is -1.61. The van der Waals surface area contributed by atoms with Gasteiger partial charge in [-0.3, -0.25) is 4.79 Å². The summed E-state index contributed by atoms with van der Waals surface area (Å²) in [4.78, 5) is 14.5. The summed E-state index contributed by atoms with van der Waals surface area (Å²) in [6.45, 7) is 5.45. The molecular weight excluding hydrogens is 236 g/mol. The molecule has 0 saturated carbocycles. The van der Waals surface area contributed by atoms with Gasteiger partial charge in [-0.1, -0.05) is 24.8 Å². The van der Waals surface area contributed by atoms with E-state index in [2.05, 4.69) is 11.9 Å². The number of carbonyl (C=O) groups is 1. The zero-order valence-corrected chi connectivity index (χ0v) is 11.1. The summed E-state index contributed by atoms with van der Waals surface area (Å²) >= 11 is 0. The van der Waals surface area contributed by atoms with Crippen LogP contribution in [0.5, 0.6) is 0 Å². The van der Waals surface area contributed by atoms with Gasteiger partial charge in [0.2, 0.25) is 0 Å². The molecule has 2 aliphatic heterocycles. The Kier molecular flexibility index (Phi) is 3.38. The maximum atomic E-state index is 12.5. The molecule has 2 aliphatic rings. The van der Waals surface area contributed by atoms with Gasteiger partial charge in [-0.25, -0.2) is 0 Å². The standard InChI is InChI=1S/C16H20N2O/c1-2-12-3-5-13(6-4-12)16(19)18-10-9-14-7-8-15(11-18)17-14/h2-6,14-15,17H,1,7-11H2/t14-,15+/m1/s1. The topological polar surface area (TPSA) is 32.3 Å². The van der Waals surface area contributed by atoms with Crippen LogP contribution < -0.4 is 5.32 Å². The number of fused-ring (bicyclic) bond motifs is 2. The van der Waals surface area contributed by atoms with E-state index < -0.39 is 0 Å². The summed E-state index contributed by atoms with van der Waals surface area (Å²) in [6, 6.07) is 8.80. The predicted octanol–water partition coefficient (Wildman–Crippen LogP) is 2.30. The smallest absolute Gasteiger partial charge is 0.253 e. The van der Waals surface area contributed by atoms with Crippen LogP contribution in [0.3, 0.4) is 0 Å². The molecule has 3 heteroatoms. The van der Waals surface area contributed by atoms with Gasteiger partial charge in [0.15, 0.2) is 0 Å². The number of benzene rings is 1. The summed E-state index contributed by atoms with van der Waals surface area (Å²) in [5.74, 6) is 0.157. The van der Waals surface area contributed by atoms with Crippen molar-refractivity contribution in [1.29, 1.82) is 0 Å². The van der Waals surface area contributed by atoms with Crippen LogP contribution in [0, 0.1) is 0 Å². The third-order valence-corrected chi connectivity index (χ3v) is 4.20. The van der Waals surface area contributed by atoms with Gasteiger partial charge < -0.3 is 10.2 Å². The lowest BCUT2D eigenvalue weighted by Gasteiger charge is -2.24. The number of hydrogen-bond acceptors (Lipinski definition) is 2. The van der Waals surface area contributed by atoms with Crippen molar-refractivity contribution in [1.82, 2.24) is 10.2 Å². The Morgan fingerprint density at radius 1 is 1.21 bits per heavy atom. The van der Waals surface area contributed by atoms with Crippen LogP contribution in [0.15, 0.2) is 30.8 Å². The fraction of sp³-hybridized carbons (Fsp3) is 0.438. The lowest BCUT2D eigenvalue weighted by atomic mass is 10.1. The monoisotopic (exact) mass is 256 g/mol. The van der Waals surface area contributed by atoms with Gasteiger partial charge in [0.05, 0.1) is 0 Å². The first-order chi connectivity index (χ1) is 9.26. The highest BCUT2D eigenvalue weighted by Gasteiger charge is 2.31. The molecule has 19 heavy (non-hydrogen) atoms. The van der Waals surface area contributed by atoms with Gasteiger partial charge in [-0.2, -0.15) is 0 Å². The Labute approximate surface area is 114 Å². The highest BCUT2D eigenvalue weighted by molar-refractivity contribution is 5.94. The fourth-order valence-electron chi connectivity index (χ4n) is 3.07. The number of nitrogens with one attached hydrogen (secondary N) is 1. The Morgan fingerprint density at radius 3 is 2.68 bits per heavy atom. The first-order valence-electron chi connectivity index (χ1n) is 7.04. The van der Waals surface area contributed by atoms with Gasteiger partial charge in [0, 0.05) is 30.7 Å². The summed E-state index contributed by atoms with van der Waals surface area (Å²) in [7, 11) is 0. The van der Waals surface area contributed by atoms with Crippen LogP contribution in [0.4, 0.5) is 0 Å². The van der Waals surface area contributed by atoms with Crippen molar-refractivity contribution in [2.75, 3.05) is 13.1 Å². The Bertz CT molecular complexity index is 480. The average Bonchev–Trinajstić information content (AvgIpc) is 2.78. The zero-order valence-electron chi connectivity index (χ0n) is 11.1. The maximum absolute atomic E-state index is 12.5. The lowest BCUT2D eigenvalue weighted by Crippen LogP contribution is -2.39. The second-order valence-corrected chi connectivity index (χ2v) is 5.50. The molecule has 1 N–H and O–H groups in total. The molecule has 1 aromatic rings. The van der Waals surface area contributed by atoms with Crippen molar-refractivity contribution in [2.45, 2.75) is 31.3 Å². The van der Waals surface area contributed by atoms with Gasteiger partial charge in [0.25, 0.3) is 5.91 Å². The molecule has 3 rings (SSSR count). The molecule has 2 bridgehead atoms. The number of nitrogens with zero attached hydrogens (tertiary/aromatic N) is 1. The maximum Gasteiger partial charge on any atom is 0.253 e. The van der Waals surface area contributed by atoms with Crippen molar-refractivity contribution in [3.63, 3.8) is 0 Å². The van der Waals surface area contributed by atoms with E-state index in [1.165, 1.54) is 12.8 Å². The molecule has 0 spiro atoms. The van der Waals surface area contributed by atoms with E-state index in [9.17, 15) is 4.79 Å². The normalized spacial score (nSPS) is 26.0. The average molecular weight is 256 g/mol. The van der Waals surface area contributed by atoms with E-state index in [0.29, 0.717) is 12.1 Å². The largest absolute Gasteiger partial charge is 0.337 e. The van der Waals surface area contributed by atoms with Gasteiger partial charge in [-0.05, 0) is 37.0 Å². The van der Waals surface area contributed by atoms with Crippen molar-refractivity contribution in [3.05, 3.63) is 42.0 Å². The molecule has 1 amide bonds. The second kappa shape index (κ2) is 5.17. The van der Waals surface area contributed by atoms with Crippen LogP contribution in [0.25, 0.3) is 6.08 Å². The third-order valence-electron chi connectivity index (χ3n) is 4.20. The number of carbonyl (C=O) groups excluding carboxylic acids is 1. The SMILES string of the molecule is C=Cc1ccc(C(=O)N2CC[C@H]3CC[C@@H](C2)N3)cc1. The quantitative estimate of drug-likeness (QED) is 0.880. The van der Waals surface area contributed by atoms with Crippen LogP contribution in [-0.4, -0.2) is 36.0 Å². The first-order valence-corrected chi connectivity index (χ1v) is 7.04. The molecular formula is C16H20N2O. The minimum absolute atomic E-state index is 0.157. The number of amides is 1. The van der Waals surface area contributed by atoms with Crippen molar-refractivity contribution >= 4 is 12.0 Å². The van der Waals surface area contributed by atoms with Gasteiger partial charge in [-0.15, -0.1) is 0 Å². The van der Waals surface area contributed by atoms with E-state index in [4.69, 9.17) is 0 Å². The van der Waals surface area contributed by atoms with Crippen molar-refractivity contribution < 1.29 is 4.79 Å². The molecule has 0 aliphatic carbocycles. The van der Waals surface area contributed by atoms with E-state index in [-0.39, 0.29) is 5.91 Å². The van der Waals surface area contributed by atoms with E-state index >= 15 is 0 Å². The number of hydrogen-bond donors (Lipinski definition) is 1. The second-order valence-electron chi connectivity index (χ2n) is 5.50. The molecule has 0 unspecified atom stereocenters. The summed E-state index contributed by atoms with van der Waals surface area (Å²) in [5, 5.41) is 3.60. The molecule has 2 heterocycles. The van der Waals surface area contributed by atoms with E-state index in [1.807, 2.05) is 29.2 Å². The Morgan fingerprint density at radius 2 is 1.95 bits per heavy atom. The minimum Gasteiger partial charge on any atom is -0.337 e. The van der Waals surface area contributed by atoms with Crippen LogP contribution >= 0.6 is 0 Å². The molecule has 2 fully saturated rings. The molecule has 1 aromatic carbocycles. The highest BCUT2D eigenvalue weighted by atomic mass is 16.2.